The summed E-state index contributed by atoms with van der Waals surface area (Å²) in [5.74, 6) is 1.22. The number of ether oxygens (including phenoxy) is 2. The first kappa shape index (κ1) is 24.7. The second-order valence-corrected chi connectivity index (χ2v) is 7.93. The zero-order valence-corrected chi connectivity index (χ0v) is 20.6. The largest absolute Gasteiger partial charge is 0.453 e. The van der Waals surface area contributed by atoms with Crippen molar-refractivity contribution in [2.45, 2.75) is 44.8 Å². The molecule has 168 valence electrons. The number of carbonyl (C=O) groups excluding carboxylic acids is 1. The second kappa shape index (κ2) is 12.3. The number of halogens is 1. The molecule has 0 saturated carbocycles. The van der Waals surface area contributed by atoms with Crippen molar-refractivity contribution < 1.29 is 14.3 Å². The lowest BCUT2D eigenvalue weighted by atomic mass is 9.89. The van der Waals surface area contributed by atoms with Gasteiger partial charge in [0.1, 0.15) is 0 Å². The quantitative estimate of drug-likeness (QED) is 0.355. The standard InChI is InChI=1S/C22H34N4O3.HI/c1-16-6-8-17(9-7-16)20-18(5-4-14-29-20)15-24-21(23-2)25-19-10-12-26(13-11-19)22(27)28-3;/h6-9,18-20H,4-5,10-15H2,1-3H3,(H2,23,24,25);1H. The van der Waals surface area contributed by atoms with Crippen LogP contribution in [0.5, 0.6) is 0 Å². The minimum absolute atomic E-state index is 0. The van der Waals surface area contributed by atoms with Crippen LogP contribution in [0.1, 0.15) is 42.9 Å². The Morgan fingerprint density at radius 2 is 1.93 bits per heavy atom. The normalized spacial score (nSPS) is 22.8. The van der Waals surface area contributed by atoms with Gasteiger partial charge in [-0.25, -0.2) is 4.79 Å². The first-order valence-electron chi connectivity index (χ1n) is 10.6. The third-order valence-electron chi connectivity index (χ3n) is 5.87. The van der Waals surface area contributed by atoms with Gasteiger partial charge in [0.2, 0.25) is 0 Å². The average Bonchev–Trinajstić information content (AvgIpc) is 2.77. The summed E-state index contributed by atoms with van der Waals surface area (Å²) in [5.41, 5.74) is 2.52. The van der Waals surface area contributed by atoms with Crippen LogP contribution >= 0.6 is 24.0 Å². The number of piperidine rings is 1. The Hall–Kier alpha value is -1.55. The molecule has 1 aromatic carbocycles. The predicted octanol–water partition coefficient (Wildman–Crippen LogP) is 3.48. The number of amides is 1. The van der Waals surface area contributed by atoms with Gasteiger partial charge in [0.15, 0.2) is 5.96 Å². The highest BCUT2D eigenvalue weighted by atomic mass is 127. The number of hydrogen-bond acceptors (Lipinski definition) is 4. The zero-order chi connectivity index (χ0) is 20.6. The summed E-state index contributed by atoms with van der Waals surface area (Å²) in [6.07, 6.45) is 3.87. The Bertz CT molecular complexity index is 690. The molecule has 2 heterocycles. The number of benzene rings is 1. The monoisotopic (exact) mass is 530 g/mol. The number of nitrogens with one attached hydrogen (secondary N) is 2. The average molecular weight is 530 g/mol. The highest BCUT2D eigenvalue weighted by Crippen LogP contribution is 2.33. The van der Waals surface area contributed by atoms with Gasteiger partial charge < -0.3 is 25.0 Å². The molecule has 0 aliphatic carbocycles. The summed E-state index contributed by atoms with van der Waals surface area (Å²) in [5, 5.41) is 7.00. The molecule has 8 heteroatoms. The van der Waals surface area contributed by atoms with E-state index >= 15 is 0 Å². The SMILES string of the molecule is CN=C(NCC1CCCOC1c1ccc(C)cc1)NC1CCN(C(=O)OC)CC1.I. The highest BCUT2D eigenvalue weighted by molar-refractivity contribution is 14.0. The van der Waals surface area contributed by atoms with Crippen LogP contribution in [-0.2, 0) is 9.47 Å². The first-order chi connectivity index (χ1) is 14.1. The lowest BCUT2D eigenvalue weighted by molar-refractivity contribution is -0.0265. The summed E-state index contributed by atoms with van der Waals surface area (Å²) < 4.78 is 10.9. The number of aryl methyl sites for hydroxylation is 1. The highest BCUT2D eigenvalue weighted by Gasteiger charge is 2.28. The minimum Gasteiger partial charge on any atom is -0.453 e. The number of guanidine groups is 1. The maximum Gasteiger partial charge on any atom is 0.409 e. The molecule has 2 aliphatic rings. The van der Waals surface area contributed by atoms with Crippen molar-refractivity contribution >= 4 is 36.0 Å². The van der Waals surface area contributed by atoms with Gasteiger partial charge in [0.25, 0.3) is 0 Å². The number of methoxy groups -OCH3 is 1. The summed E-state index contributed by atoms with van der Waals surface area (Å²) in [6, 6.07) is 8.97. The molecule has 1 aromatic rings. The van der Waals surface area contributed by atoms with Crippen LogP contribution in [0.25, 0.3) is 0 Å². The topological polar surface area (TPSA) is 75.2 Å². The zero-order valence-electron chi connectivity index (χ0n) is 18.2. The molecule has 2 atom stereocenters. The molecule has 1 amide bonds. The van der Waals surface area contributed by atoms with Crippen molar-refractivity contribution in [2.75, 3.05) is 40.4 Å². The third kappa shape index (κ3) is 6.73. The molecule has 3 rings (SSSR count). The molecule has 2 unspecified atom stereocenters. The Morgan fingerprint density at radius 1 is 1.23 bits per heavy atom. The van der Waals surface area contributed by atoms with Crippen molar-refractivity contribution in [3.05, 3.63) is 35.4 Å². The van der Waals surface area contributed by atoms with Crippen LogP contribution in [0, 0.1) is 12.8 Å². The molecule has 0 radical (unpaired) electrons. The van der Waals surface area contributed by atoms with Gasteiger partial charge in [-0.15, -0.1) is 24.0 Å². The molecular weight excluding hydrogens is 495 g/mol. The van der Waals surface area contributed by atoms with E-state index < -0.39 is 0 Å². The van der Waals surface area contributed by atoms with Crippen LogP contribution < -0.4 is 10.6 Å². The lowest BCUT2D eigenvalue weighted by Gasteiger charge is -2.34. The van der Waals surface area contributed by atoms with Crippen LogP contribution in [0.2, 0.25) is 0 Å². The van der Waals surface area contributed by atoms with E-state index in [-0.39, 0.29) is 36.2 Å². The second-order valence-electron chi connectivity index (χ2n) is 7.93. The molecule has 2 aliphatic heterocycles. The smallest absolute Gasteiger partial charge is 0.409 e. The van der Waals surface area contributed by atoms with Crippen molar-refractivity contribution in [3.63, 3.8) is 0 Å². The number of likely N-dealkylation sites (tertiary alicyclic amines) is 1. The number of carbonyl (C=O) groups is 1. The lowest BCUT2D eigenvalue weighted by Crippen LogP contribution is -2.50. The van der Waals surface area contributed by atoms with E-state index in [1.54, 1.807) is 11.9 Å². The summed E-state index contributed by atoms with van der Waals surface area (Å²) in [4.78, 5) is 17.8. The fourth-order valence-corrected chi connectivity index (χ4v) is 4.13. The van der Waals surface area contributed by atoms with E-state index in [2.05, 4.69) is 46.8 Å². The molecule has 0 spiro atoms. The summed E-state index contributed by atoms with van der Waals surface area (Å²) >= 11 is 0. The number of nitrogens with zero attached hydrogens (tertiary/aromatic N) is 2. The van der Waals surface area contributed by atoms with Gasteiger partial charge in [-0.1, -0.05) is 29.8 Å². The van der Waals surface area contributed by atoms with Gasteiger partial charge >= 0.3 is 6.09 Å². The van der Waals surface area contributed by atoms with Crippen molar-refractivity contribution in [2.24, 2.45) is 10.9 Å². The Labute approximate surface area is 197 Å². The molecule has 0 bridgehead atoms. The molecule has 2 N–H and O–H groups in total. The maximum atomic E-state index is 11.6. The first-order valence-corrected chi connectivity index (χ1v) is 10.6. The van der Waals surface area contributed by atoms with Gasteiger partial charge in [-0.05, 0) is 38.2 Å². The van der Waals surface area contributed by atoms with E-state index in [9.17, 15) is 4.79 Å². The number of aliphatic imine (C=N–C) groups is 1. The van der Waals surface area contributed by atoms with Gasteiger partial charge in [-0.3, -0.25) is 4.99 Å². The van der Waals surface area contributed by atoms with E-state index in [1.165, 1.54) is 18.2 Å². The number of rotatable bonds is 4. The fourth-order valence-electron chi connectivity index (χ4n) is 4.13. The maximum absolute atomic E-state index is 11.6. The van der Waals surface area contributed by atoms with E-state index in [0.717, 1.165) is 44.8 Å². The van der Waals surface area contributed by atoms with Crippen molar-refractivity contribution in [3.8, 4) is 0 Å². The molecule has 30 heavy (non-hydrogen) atoms. The molecular formula is C22H35IN4O3. The summed E-state index contributed by atoms with van der Waals surface area (Å²) in [6.45, 7) is 5.15. The van der Waals surface area contributed by atoms with Gasteiger partial charge in [0, 0.05) is 45.2 Å². The predicted molar refractivity (Wildman–Crippen MR) is 130 cm³/mol. The van der Waals surface area contributed by atoms with E-state index in [1.807, 2.05) is 0 Å². The third-order valence-corrected chi connectivity index (χ3v) is 5.87. The van der Waals surface area contributed by atoms with Crippen molar-refractivity contribution in [1.29, 1.82) is 0 Å². The van der Waals surface area contributed by atoms with Crippen LogP contribution in [0.3, 0.4) is 0 Å². The number of hydrogen-bond donors (Lipinski definition) is 2. The Morgan fingerprint density at radius 3 is 2.57 bits per heavy atom. The minimum atomic E-state index is -0.245. The fraction of sp³-hybridized carbons (Fsp3) is 0.636. The molecule has 7 nitrogen and oxygen atoms in total. The summed E-state index contributed by atoms with van der Waals surface area (Å²) in [7, 11) is 3.23. The molecule has 2 saturated heterocycles. The van der Waals surface area contributed by atoms with Crippen molar-refractivity contribution in [1.82, 2.24) is 15.5 Å². The molecule has 0 aromatic heterocycles. The van der Waals surface area contributed by atoms with Gasteiger partial charge in [-0.2, -0.15) is 0 Å². The van der Waals surface area contributed by atoms with E-state index in [4.69, 9.17) is 9.47 Å². The van der Waals surface area contributed by atoms with Crippen LogP contribution in [-0.4, -0.2) is 63.4 Å². The van der Waals surface area contributed by atoms with Crippen LogP contribution in [0.15, 0.2) is 29.3 Å². The van der Waals surface area contributed by atoms with E-state index in [0.29, 0.717) is 25.0 Å². The Balaban J connectivity index is 0.00000320. The molecule has 2 fully saturated rings. The van der Waals surface area contributed by atoms with Gasteiger partial charge in [0.05, 0.1) is 13.2 Å². The van der Waals surface area contributed by atoms with Crippen LogP contribution in [0.4, 0.5) is 4.79 Å². The Kier molecular flexibility index (Phi) is 10.2.